The molecule has 0 radical (unpaired) electrons. The van der Waals surface area contributed by atoms with Gasteiger partial charge in [0.25, 0.3) is 5.91 Å². The molecule has 62 heavy (non-hydrogen) atoms. The maximum Gasteiger partial charge on any atom is 0.259 e. The van der Waals surface area contributed by atoms with Crippen LogP contribution in [0, 0.1) is 18.7 Å². The van der Waals surface area contributed by atoms with Gasteiger partial charge in [0, 0.05) is 40.4 Å². The summed E-state index contributed by atoms with van der Waals surface area (Å²) in [6, 6.07) is 6.07. The quantitative estimate of drug-likeness (QED) is 0.105. The number of halogens is 3. The number of nitrogens with one attached hydrogen (secondary N) is 3. The van der Waals surface area contributed by atoms with Crippen LogP contribution >= 0.6 is 34.5 Å². The van der Waals surface area contributed by atoms with Crippen LogP contribution in [0.25, 0.3) is 21.6 Å². The molecule has 3 N–H and O–H groups in total. The number of sulfonamides is 1. The molecule has 18 heteroatoms. The van der Waals surface area contributed by atoms with Gasteiger partial charge in [-0.1, -0.05) is 62.0 Å². The van der Waals surface area contributed by atoms with Gasteiger partial charge in [0.2, 0.25) is 21.8 Å². The van der Waals surface area contributed by atoms with Crippen LogP contribution in [0.15, 0.2) is 47.9 Å². The lowest BCUT2D eigenvalue weighted by Crippen LogP contribution is -2.57. The van der Waals surface area contributed by atoms with Crippen molar-refractivity contribution in [1.82, 2.24) is 24.9 Å². The number of thiazole rings is 1. The molecule has 0 spiro atoms. The zero-order chi connectivity index (χ0) is 44.1. The molecule has 330 valence electrons. The third-order valence-electron chi connectivity index (χ3n) is 12.2. The predicted octanol–water partition coefficient (Wildman–Crippen LogP) is 8.08. The third-order valence-corrected chi connectivity index (χ3v) is 15.6. The molecule has 0 bridgehead atoms. The molecule has 2 aromatic carbocycles. The van der Waals surface area contributed by atoms with Crippen molar-refractivity contribution in [2.75, 3.05) is 19.0 Å². The molecule has 1 saturated heterocycles. The molecular formula is C44H49Cl2FN6O7S2. The Kier molecular flexibility index (Phi) is 12.5. The predicted molar refractivity (Wildman–Crippen MR) is 238 cm³/mol. The summed E-state index contributed by atoms with van der Waals surface area (Å²) in [5, 5.41) is 8.56. The van der Waals surface area contributed by atoms with Crippen LogP contribution in [0.5, 0.6) is 11.5 Å². The molecule has 4 heterocycles. The molecule has 2 saturated carbocycles. The first kappa shape index (κ1) is 44.1. The van der Waals surface area contributed by atoms with Gasteiger partial charge in [0.1, 0.15) is 51.7 Å². The van der Waals surface area contributed by atoms with E-state index in [2.05, 4.69) is 29.2 Å². The minimum Gasteiger partial charge on any atom is -0.496 e. The normalized spacial score (nSPS) is 25.0. The molecule has 2 aliphatic carbocycles. The van der Waals surface area contributed by atoms with Gasteiger partial charge in [0.15, 0.2) is 0 Å². The molecule has 13 nitrogen and oxygen atoms in total. The van der Waals surface area contributed by atoms with E-state index in [1.807, 2.05) is 42.7 Å². The minimum absolute atomic E-state index is 0.0214. The highest BCUT2D eigenvalue weighted by Gasteiger charge is 2.62. The first-order valence-corrected chi connectivity index (χ1v) is 24.1. The van der Waals surface area contributed by atoms with Gasteiger partial charge in [-0.25, -0.2) is 22.8 Å². The highest BCUT2D eigenvalue weighted by molar-refractivity contribution is 7.91. The highest BCUT2D eigenvalue weighted by atomic mass is 35.5. The SMILES string of the molecule is COc1ccc2c(O[C@@H]3C[C@H]4C(=O)N[C@]5(C(=O)NS(=O)(=O)C6CC6)C[C@H]5/C=C\CCCCC[C@H](Nc5cc(F)c(Cl)c(Cl)c5)C(=O)N4C3)cc(-c3nc(C(C)C)cs3)nc2c1C. The largest absolute Gasteiger partial charge is 0.496 e. The van der Waals surface area contributed by atoms with Crippen LogP contribution in [0.3, 0.4) is 0 Å². The van der Waals surface area contributed by atoms with Crippen LogP contribution in [-0.2, 0) is 24.4 Å². The van der Waals surface area contributed by atoms with Crippen molar-refractivity contribution in [3.63, 3.8) is 0 Å². The summed E-state index contributed by atoms with van der Waals surface area (Å²) in [6.45, 7) is 6.02. The highest BCUT2D eigenvalue weighted by Crippen LogP contribution is 2.46. The van der Waals surface area contributed by atoms with Crippen molar-refractivity contribution in [3.05, 3.63) is 75.0 Å². The number of aryl methyl sites for hydroxylation is 1. The monoisotopic (exact) mass is 926 g/mol. The van der Waals surface area contributed by atoms with Gasteiger partial charge >= 0.3 is 0 Å². The summed E-state index contributed by atoms with van der Waals surface area (Å²) in [5.41, 5.74) is 1.65. The van der Waals surface area contributed by atoms with Crippen LogP contribution in [0.4, 0.5) is 10.1 Å². The molecule has 3 fully saturated rings. The molecule has 4 aliphatic rings. The standard InChI is InChI=1S/C44H49Cl2FN6O7S2/c1-23(2)34-22-61-41(50-34)33-19-37(29-14-15-36(59-4)24(3)39(29)49-33)60-27-18-35-40(54)51-44(43(56)52-62(57,58)28-12-13-28)20-25(44)10-8-6-5-7-9-11-32(42(55)53(35)21-27)48-26-16-30(45)38(46)31(47)17-26/h8,10,14-17,19,22-23,25,27-28,32,35,48H,5-7,9,11-13,18,20-21H2,1-4H3,(H,51,54)(H,52,56)/b10-8-/t25-,27-,32+,35+,44-/m1/s1. The van der Waals surface area contributed by atoms with E-state index in [1.54, 1.807) is 7.11 Å². The number of hydrogen-bond donors (Lipinski definition) is 3. The zero-order valence-electron chi connectivity index (χ0n) is 34.8. The summed E-state index contributed by atoms with van der Waals surface area (Å²) in [5.74, 6) is -1.77. The number of allylic oxidation sites excluding steroid dienone is 1. The van der Waals surface area contributed by atoms with E-state index in [0.717, 1.165) is 24.1 Å². The number of pyridine rings is 1. The fourth-order valence-corrected chi connectivity index (χ4v) is 11.0. The van der Waals surface area contributed by atoms with Gasteiger partial charge in [-0.15, -0.1) is 11.3 Å². The minimum atomic E-state index is -3.93. The molecule has 4 aromatic rings. The number of ether oxygens (including phenoxy) is 2. The van der Waals surface area contributed by atoms with Crippen LogP contribution < -0.4 is 24.8 Å². The number of carbonyl (C=O) groups excluding carboxylic acids is 3. The Bertz CT molecular complexity index is 2550. The van der Waals surface area contributed by atoms with E-state index >= 15 is 0 Å². The second-order valence-corrected chi connectivity index (χ2v) is 20.6. The van der Waals surface area contributed by atoms with Crippen LogP contribution in [0.2, 0.25) is 10.0 Å². The number of fused-ring (bicyclic) bond motifs is 3. The van der Waals surface area contributed by atoms with E-state index in [1.165, 1.54) is 28.4 Å². The smallest absolute Gasteiger partial charge is 0.259 e. The average Bonchev–Trinajstić information content (AvgIpc) is 4.11. The summed E-state index contributed by atoms with van der Waals surface area (Å²) in [7, 11) is -2.34. The Hall–Kier alpha value is -4.51. The fourth-order valence-electron chi connectivity index (χ4n) is 8.34. The summed E-state index contributed by atoms with van der Waals surface area (Å²) >= 11 is 13.8. The number of benzene rings is 2. The van der Waals surface area contributed by atoms with Gasteiger partial charge < -0.3 is 25.0 Å². The summed E-state index contributed by atoms with van der Waals surface area (Å²) in [6.07, 6.45) is 7.43. The van der Waals surface area contributed by atoms with E-state index in [4.69, 9.17) is 42.6 Å². The molecular weight excluding hydrogens is 879 g/mol. The third kappa shape index (κ3) is 8.97. The van der Waals surface area contributed by atoms with Gasteiger partial charge in [-0.2, -0.15) is 0 Å². The molecule has 0 unspecified atom stereocenters. The maximum atomic E-state index is 14.9. The Morgan fingerprint density at radius 2 is 1.87 bits per heavy atom. The van der Waals surface area contributed by atoms with E-state index in [0.29, 0.717) is 65.2 Å². The molecule has 8 rings (SSSR count). The average molecular weight is 928 g/mol. The zero-order valence-corrected chi connectivity index (χ0v) is 37.9. The van der Waals surface area contributed by atoms with Gasteiger partial charge in [-0.05, 0) is 75.6 Å². The number of rotatable bonds is 10. The fraction of sp³-hybridized carbons (Fsp3) is 0.477. The lowest BCUT2D eigenvalue weighted by Gasteiger charge is -2.30. The molecule has 5 atom stereocenters. The first-order valence-electron chi connectivity index (χ1n) is 21.0. The van der Waals surface area contributed by atoms with E-state index in [9.17, 15) is 27.2 Å². The second kappa shape index (κ2) is 17.6. The van der Waals surface area contributed by atoms with Crippen molar-refractivity contribution in [1.29, 1.82) is 0 Å². The van der Waals surface area contributed by atoms with Gasteiger partial charge in [-0.3, -0.25) is 19.1 Å². The molecule has 2 aliphatic heterocycles. The lowest BCUT2D eigenvalue weighted by molar-refractivity contribution is -0.140. The topological polar surface area (TPSA) is 169 Å². The van der Waals surface area contributed by atoms with Crippen molar-refractivity contribution >= 4 is 78.9 Å². The Balaban J connectivity index is 1.16. The number of carbonyl (C=O) groups is 3. The molecule has 3 amide bonds. The van der Waals surface area contributed by atoms with Crippen LogP contribution in [-0.4, -0.2) is 83.6 Å². The van der Waals surface area contributed by atoms with Crippen molar-refractivity contribution < 1.29 is 36.7 Å². The van der Waals surface area contributed by atoms with E-state index < -0.39 is 68.5 Å². The van der Waals surface area contributed by atoms with E-state index in [-0.39, 0.29) is 41.0 Å². The summed E-state index contributed by atoms with van der Waals surface area (Å²) in [4.78, 5) is 54.8. The summed E-state index contributed by atoms with van der Waals surface area (Å²) < 4.78 is 55.5. The maximum absolute atomic E-state index is 14.9. The van der Waals surface area contributed by atoms with Crippen molar-refractivity contribution in [3.8, 4) is 22.2 Å². The molecule has 2 aromatic heterocycles. The van der Waals surface area contributed by atoms with Crippen LogP contribution in [0.1, 0.15) is 88.8 Å². The lowest BCUT2D eigenvalue weighted by atomic mass is 10.0. The van der Waals surface area contributed by atoms with Gasteiger partial charge in [0.05, 0.1) is 40.2 Å². The number of nitrogens with zero attached hydrogens (tertiary/aromatic N) is 3. The second-order valence-electron chi connectivity index (χ2n) is 17.0. The Morgan fingerprint density at radius 1 is 1.08 bits per heavy atom. The Morgan fingerprint density at radius 3 is 2.58 bits per heavy atom. The number of methoxy groups -OCH3 is 1. The number of anilines is 1. The number of aromatic nitrogens is 2. The van der Waals surface area contributed by atoms with Crippen molar-refractivity contribution in [2.24, 2.45) is 5.92 Å². The number of hydrogen-bond acceptors (Lipinski definition) is 11. The Labute approximate surface area is 374 Å². The van der Waals surface area contributed by atoms with Crippen molar-refractivity contribution in [2.45, 2.75) is 113 Å². The first-order chi connectivity index (χ1) is 29.6. The number of amides is 3.